The maximum absolute atomic E-state index is 6.19. The lowest BCUT2D eigenvalue weighted by Gasteiger charge is -2.30. The first kappa shape index (κ1) is 13.4. The van der Waals surface area contributed by atoms with Crippen molar-refractivity contribution >= 4 is 23.1 Å². The van der Waals surface area contributed by atoms with Gasteiger partial charge in [0, 0.05) is 18.8 Å². The lowest BCUT2D eigenvalue weighted by Crippen LogP contribution is -2.25. The van der Waals surface area contributed by atoms with Gasteiger partial charge in [-0.3, -0.25) is 0 Å². The molecule has 0 bridgehead atoms. The minimum absolute atomic E-state index is 0.683. The van der Waals surface area contributed by atoms with Crippen molar-refractivity contribution < 1.29 is 0 Å². The Balaban J connectivity index is 2.00. The van der Waals surface area contributed by atoms with Crippen LogP contribution in [0.5, 0.6) is 0 Å². The molecule has 20 heavy (non-hydrogen) atoms. The van der Waals surface area contributed by atoms with Crippen molar-refractivity contribution in [3.8, 4) is 0 Å². The molecule has 1 aliphatic heterocycles. The second kappa shape index (κ2) is 5.81. The number of para-hydroxylation sites is 1. The highest BCUT2D eigenvalue weighted by Crippen LogP contribution is 2.33. The van der Waals surface area contributed by atoms with Crippen LogP contribution < -0.4 is 10.2 Å². The Bertz CT molecular complexity index is 612. The second-order valence-corrected chi connectivity index (χ2v) is 5.42. The number of fused-ring (bicyclic) bond motifs is 1. The topological polar surface area (TPSA) is 28.2 Å². The minimum Gasteiger partial charge on any atom is -0.326 e. The maximum Gasteiger partial charge on any atom is 0.133 e. The van der Waals surface area contributed by atoms with Crippen LogP contribution in [0.4, 0.5) is 11.5 Å². The van der Waals surface area contributed by atoms with Gasteiger partial charge in [0.25, 0.3) is 0 Å². The van der Waals surface area contributed by atoms with Gasteiger partial charge in [-0.05, 0) is 43.7 Å². The van der Waals surface area contributed by atoms with Crippen LogP contribution in [0.15, 0.2) is 36.4 Å². The summed E-state index contributed by atoms with van der Waals surface area (Å²) >= 11 is 6.19. The number of aromatic nitrogens is 1. The molecule has 0 spiro atoms. The molecule has 1 aromatic heterocycles. The summed E-state index contributed by atoms with van der Waals surface area (Å²) < 4.78 is 0. The van der Waals surface area contributed by atoms with Crippen LogP contribution in [0.1, 0.15) is 17.7 Å². The average molecular weight is 288 g/mol. The van der Waals surface area contributed by atoms with E-state index in [4.69, 9.17) is 16.6 Å². The summed E-state index contributed by atoms with van der Waals surface area (Å²) in [4.78, 5) is 7.00. The molecule has 2 aromatic rings. The number of anilines is 2. The van der Waals surface area contributed by atoms with Crippen molar-refractivity contribution in [3.63, 3.8) is 0 Å². The Kier molecular flexibility index (Phi) is 3.90. The van der Waals surface area contributed by atoms with E-state index in [1.807, 2.05) is 19.2 Å². The van der Waals surface area contributed by atoms with Crippen LogP contribution >= 0.6 is 11.6 Å². The van der Waals surface area contributed by atoms with E-state index in [9.17, 15) is 0 Å². The van der Waals surface area contributed by atoms with Crippen molar-refractivity contribution in [2.45, 2.75) is 19.4 Å². The number of nitrogens with one attached hydrogen (secondary N) is 1. The van der Waals surface area contributed by atoms with Gasteiger partial charge in [0.2, 0.25) is 0 Å². The van der Waals surface area contributed by atoms with E-state index in [0.717, 1.165) is 30.9 Å². The molecule has 1 N–H and O–H groups in total. The number of hydrogen-bond acceptors (Lipinski definition) is 3. The molecule has 0 saturated carbocycles. The molecule has 2 heterocycles. The van der Waals surface area contributed by atoms with Gasteiger partial charge in [0.05, 0.1) is 10.7 Å². The molecule has 1 aliphatic rings. The summed E-state index contributed by atoms with van der Waals surface area (Å²) in [6.07, 6.45) is 2.30. The van der Waals surface area contributed by atoms with Gasteiger partial charge < -0.3 is 10.2 Å². The number of aryl methyl sites for hydroxylation is 1. The van der Waals surface area contributed by atoms with Crippen molar-refractivity contribution in [1.82, 2.24) is 10.3 Å². The maximum atomic E-state index is 6.19. The zero-order valence-electron chi connectivity index (χ0n) is 11.6. The minimum atomic E-state index is 0.683. The first-order valence-corrected chi connectivity index (χ1v) is 7.33. The molecule has 1 aromatic carbocycles. The molecule has 0 saturated heterocycles. The normalized spacial score (nSPS) is 14.2. The second-order valence-electron chi connectivity index (χ2n) is 5.01. The fraction of sp³-hybridized carbons (Fsp3) is 0.312. The molecule has 0 unspecified atom stereocenters. The predicted molar refractivity (Wildman–Crippen MR) is 83.8 cm³/mol. The zero-order valence-corrected chi connectivity index (χ0v) is 12.3. The van der Waals surface area contributed by atoms with Gasteiger partial charge in [-0.1, -0.05) is 29.8 Å². The van der Waals surface area contributed by atoms with E-state index in [1.165, 1.54) is 11.3 Å². The smallest absolute Gasteiger partial charge is 0.133 e. The Labute approximate surface area is 124 Å². The highest BCUT2D eigenvalue weighted by Gasteiger charge is 2.19. The number of rotatable bonds is 3. The van der Waals surface area contributed by atoms with E-state index in [2.05, 4.69) is 34.5 Å². The molecule has 0 atom stereocenters. The number of nitrogens with zero attached hydrogens (tertiary/aromatic N) is 2. The Morgan fingerprint density at radius 2 is 2.10 bits per heavy atom. The van der Waals surface area contributed by atoms with E-state index < -0.39 is 0 Å². The summed E-state index contributed by atoms with van der Waals surface area (Å²) in [5, 5.41) is 3.82. The van der Waals surface area contributed by atoms with Crippen LogP contribution in [0.2, 0.25) is 5.02 Å². The van der Waals surface area contributed by atoms with Crippen LogP contribution in [0.3, 0.4) is 0 Å². The fourth-order valence-electron chi connectivity index (χ4n) is 2.69. The first-order chi connectivity index (χ1) is 9.79. The molecule has 0 radical (unpaired) electrons. The van der Waals surface area contributed by atoms with Crippen molar-refractivity contribution in [3.05, 3.63) is 52.7 Å². The first-order valence-electron chi connectivity index (χ1n) is 6.95. The molecule has 3 rings (SSSR count). The van der Waals surface area contributed by atoms with Crippen molar-refractivity contribution in [2.24, 2.45) is 0 Å². The quantitative estimate of drug-likeness (QED) is 0.936. The fourth-order valence-corrected chi connectivity index (χ4v) is 2.86. The highest BCUT2D eigenvalue weighted by molar-refractivity contribution is 6.31. The van der Waals surface area contributed by atoms with Crippen LogP contribution in [-0.4, -0.2) is 18.6 Å². The summed E-state index contributed by atoms with van der Waals surface area (Å²) in [6, 6.07) is 12.5. The standard InChI is InChI=1S/C16H18ClN3/c1-18-11-14-13(17)8-9-16(19-14)20-10-4-6-12-5-2-3-7-15(12)20/h2-3,5,7-9,18H,4,6,10-11H2,1H3. The van der Waals surface area contributed by atoms with Crippen LogP contribution in [-0.2, 0) is 13.0 Å². The number of benzene rings is 1. The average Bonchev–Trinajstić information content (AvgIpc) is 2.49. The Morgan fingerprint density at radius 3 is 2.95 bits per heavy atom. The Hall–Kier alpha value is -1.58. The molecule has 0 amide bonds. The van der Waals surface area contributed by atoms with E-state index in [-0.39, 0.29) is 0 Å². The lowest BCUT2D eigenvalue weighted by atomic mass is 10.0. The third-order valence-electron chi connectivity index (χ3n) is 3.63. The molecule has 104 valence electrons. The van der Waals surface area contributed by atoms with Crippen molar-refractivity contribution in [1.29, 1.82) is 0 Å². The molecule has 0 fully saturated rings. The number of halogens is 1. The molecule has 0 aliphatic carbocycles. The van der Waals surface area contributed by atoms with E-state index in [0.29, 0.717) is 11.6 Å². The summed E-state index contributed by atoms with van der Waals surface area (Å²) in [5.41, 5.74) is 3.56. The van der Waals surface area contributed by atoms with Gasteiger partial charge in [0.15, 0.2) is 0 Å². The van der Waals surface area contributed by atoms with Crippen LogP contribution in [0, 0.1) is 0 Å². The van der Waals surface area contributed by atoms with Gasteiger partial charge in [-0.25, -0.2) is 4.98 Å². The lowest BCUT2D eigenvalue weighted by molar-refractivity contribution is 0.748. The molecule has 4 heteroatoms. The monoisotopic (exact) mass is 287 g/mol. The highest BCUT2D eigenvalue weighted by atomic mass is 35.5. The SMILES string of the molecule is CNCc1nc(N2CCCc3ccccc32)ccc1Cl. The summed E-state index contributed by atoms with van der Waals surface area (Å²) in [7, 11) is 1.90. The Morgan fingerprint density at radius 1 is 1.25 bits per heavy atom. The third-order valence-corrected chi connectivity index (χ3v) is 3.98. The van der Waals surface area contributed by atoms with E-state index >= 15 is 0 Å². The van der Waals surface area contributed by atoms with Crippen molar-refractivity contribution in [2.75, 3.05) is 18.5 Å². The third kappa shape index (κ3) is 2.51. The van der Waals surface area contributed by atoms with Gasteiger partial charge in [-0.2, -0.15) is 0 Å². The zero-order chi connectivity index (χ0) is 13.9. The number of hydrogen-bond donors (Lipinski definition) is 1. The van der Waals surface area contributed by atoms with Gasteiger partial charge >= 0.3 is 0 Å². The number of pyridine rings is 1. The summed E-state index contributed by atoms with van der Waals surface area (Å²) in [5.74, 6) is 0.979. The molecular formula is C16H18ClN3. The molecular weight excluding hydrogens is 270 g/mol. The van der Waals surface area contributed by atoms with Gasteiger partial charge in [0.1, 0.15) is 5.82 Å². The van der Waals surface area contributed by atoms with Crippen LogP contribution in [0.25, 0.3) is 0 Å². The summed E-state index contributed by atoms with van der Waals surface area (Å²) in [6.45, 7) is 1.69. The van der Waals surface area contributed by atoms with E-state index in [1.54, 1.807) is 0 Å². The van der Waals surface area contributed by atoms with Gasteiger partial charge in [-0.15, -0.1) is 0 Å². The molecule has 3 nitrogen and oxygen atoms in total. The predicted octanol–water partition coefficient (Wildman–Crippen LogP) is 3.54. The largest absolute Gasteiger partial charge is 0.326 e.